The minimum absolute atomic E-state index is 0.220. The van der Waals surface area contributed by atoms with Gasteiger partial charge in [0.1, 0.15) is 5.01 Å². The van der Waals surface area contributed by atoms with E-state index in [1.54, 1.807) is 11.3 Å². The number of amides is 2. The van der Waals surface area contributed by atoms with Gasteiger partial charge in [-0.1, -0.05) is 84.9 Å². The molecule has 0 spiro atoms. The summed E-state index contributed by atoms with van der Waals surface area (Å²) >= 11 is 1.65. The second kappa shape index (κ2) is 10.5. The molecule has 1 aliphatic rings. The molecule has 38 heavy (non-hydrogen) atoms. The third-order valence-corrected chi connectivity index (χ3v) is 7.92. The van der Waals surface area contributed by atoms with E-state index >= 15 is 0 Å². The molecule has 0 fully saturated rings. The fourth-order valence-corrected chi connectivity index (χ4v) is 5.98. The molecular formula is C32H28N4OS. The Labute approximate surface area is 226 Å². The van der Waals surface area contributed by atoms with Gasteiger partial charge in [-0.05, 0) is 47.9 Å². The third-order valence-electron chi connectivity index (χ3n) is 6.85. The summed E-state index contributed by atoms with van der Waals surface area (Å²) in [5.74, 6) is 0. The summed E-state index contributed by atoms with van der Waals surface area (Å²) < 4.78 is 1.12. The molecule has 0 unspecified atom stereocenters. The average Bonchev–Trinajstić information content (AvgIpc) is 3.40. The van der Waals surface area contributed by atoms with Gasteiger partial charge in [0, 0.05) is 24.4 Å². The molecule has 0 bridgehead atoms. The van der Waals surface area contributed by atoms with Crippen molar-refractivity contribution in [3.8, 4) is 0 Å². The van der Waals surface area contributed by atoms with Crippen LogP contribution in [-0.4, -0.2) is 17.6 Å². The van der Waals surface area contributed by atoms with E-state index in [0.29, 0.717) is 0 Å². The molecule has 0 radical (unpaired) electrons. The number of rotatable bonds is 7. The van der Waals surface area contributed by atoms with Gasteiger partial charge in [-0.25, -0.2) is 9.78 Å². The summed E-state index contributed by atoms with van der Waals surface area (Å²) in [6.07, 6.45) is 0. The summed E-state index contributed by atoms with van der Waals surface area (Å²) in [5.41, 5.74) is 7.12. The maximum atomic E-state index is 12.9. The maximum Gasteiger partial charge on any atom is 0.320 e. The van der Waals surface area contributed by atoms with Crippen molar-refractivity contribution >= 4 is 44.5 Å². The van der Waals surface area contributed by atoms with Crippen LogP contribution in [0.3, 0.4) is 0 Å². The van der Waals surface area contributed by atoms with Gasteiger partial charge in [-0.2, -0.15) is 0 Å². The van der Waals surface area contributed by atoms with E-state index in [0.717, 1.165) is 56.4 Å². The number of aromatic nitrogens is 1. The third kappa shape index (κ3) is 4.78. The second-order valence-electron chi connectivity index (χ2n) is 9.26. The van der Waals surface area contributed by atoms with Gasteiger partial charge in [0.2, 0.25) is 0 Å². The number of hydrogen-bond donors (Lipinski definition) is 2. The molecule has 1 aliphatic heterocycles. The van der Waals surface area contributed by atoms with E-state index in [4.69, 9.17) is 4.98 Å². The van der Waals surface area contributed by atoms with E-state index in [2.05, 4.69) is 77.1 Å². The van der Waals surface area contributed by atoms with Crippen molar-refractivity contribution in [2.75, 3.05) is 11.4 Å². The lowest BCUT2D eigenvalue weighted by Gasteiger charge is -2.30. The van der Waals surface area contributed by atoms with Gasteiger partial charge >= 0.3 is 6.03 Å². The van der Waals surface area contributed by atoms with Crippen molar-refractivity contribution in [2.24, 2.45) is 0 Å². The molecule has 0 saturated heterocycles. The molecule has 0 aliphatic carbocycles. The second-order valence-corrected chi connectivity index (χ2v) is 10.3. The predicted octanol–water partition coefficient (Wildman–Crippen LogP) is 7.25. The van der Waals surface area contributed by atoms with Gasteiger partial charge in [0.15, 0.2) is 0 Å². The quantitative estimate of drug-likeness (QED) is 0.240. The summed E-state index contributed by atoms with van der Waals surface area (Å²) in [5, 5.41) is 7.15. The maximum absolute atomic E-state index is 12.9. The Hall–Kier alpha value is -4.42. The Morgan fingerprint density at radius 2 is 1.53 bits per heavy atom. The molecule has 188 valence electrons. The van der Waals surface area contributed by atoms with Crippen LogP contribution in [0.4, 0.5) is 10.5 Å². The Balaban J connectivity index is 1.41. The SMILES string of the molecule is CCN(Cc1ccccc1)c1ccc([C@@H]2NC(=O)NC(c3ccccc3)=C2c2nc3ccccc3s2)cc1. The molecule has 2 amide bonds. The van der Waals surface area contributed by atoms with Gasteiger partial charge < -0.3 is 15.5 Å². The van der Waals surface area contributed by atoms with Crippen LogP contribution in [0.5, 0.6) is 0 Å². The van der Waals surface area contributed by atoms with Crippen LogP contribution in [0, 0.1) is 0 Å². The summed E-state index contributed by atoms with van der Waals surface area (Å²) in [7, 11) is 0. The molecule has 0 saturated carbocycles. The first-order valence-electron chi connectivity index (χ1n) is 12.8. The topological polar surface area (TPSA) is 57.3 Å². The number of nitrogens with one attached hydrogen (secondary N) is 2. The van der Waals surface area contributed by atoms with E-state index in [1.807, 2.05) is 54.6 Å². The lowest BCUT2D eigenvalue weighted by atomic mass is 9.93. The predicted molar refractivity (Wildman–Crippen MR) is 157 cm³/mol. The zero-order valence-corrected chi connectivity index (χ0v) is 21.9. The van der Waals surface area contributed by atoms with Crippen molar-refractivity contribution in [2.45, 2.75) is 19.5 Å². The van der Waals surface area contributed by atoms with Crippen LogP contribution in [0.2, 0.25) is 0 Å². The smallest absolute Gasteiger partial charge is 0.320 e. The number of para-hydroxylation sites is 1. The van der Waals surface area contributed by atoms with Crippen molar-refractivity contribution < 1.29 is 4.79 Å². The van der Waals surface area contributed by atoms with E-state index < -0.39 is 0 Å². The Bertz CT molecular complexity index is 1560. The average molecular weight is 517 g/mol. The molecule has 5 nitrogen and oxygen atoms in total. The van der Waals surface area contributed by atoms with E-state index in [9.17, 15) is 4.79 Å². The van der Waals surface area contributed by atoms with E-state index in [1.165, 1.54) is 5.56 Å². The number of hydrogen-bond acceptors (Lipinski definition) is 4. The standard InChI is InChI=1S/C32H28N4OS/c1-2-36(21-22-11-5-3-6-12-22)25-19-17-24(18-20-25)30-28(31-33-26-15-9-10-16-27(26)38-31)29(34-32(37)35-30)23-13-7-4-8-14-23/h3-20,30H,2,21H2,1H3,(H2,34,35,37)/t30-/m0/s1. The summed E-state index contributed by atoms with van der Waals surface area (Å²) in [6.45, 7) is 3.91. The number of anilines is 1. The van der Waals surface area contributed by atoms with Gasteiger partial charge in [0.05, 0.1) is 22.0 Å². The van der Waals surface area contributed by atoms with Crippen LogP contribution in [0.1, 0.15) is 34.7 Å². The number of thiazole rings is 1. The van der Waals surface area contributed by atoms with Crippen molar-refractivity contribution in [3.63, 3.8) is 0 Å². The highest BCUT2D eigenvalue weighted by Crippen LogP contribution is 2.41. The van der Waals surface area contributed by atoms with Crippen LogP contribution in [0.25, 0.3) is 21.5 Å². The highest BCUT2D eigenvalue weighted by Gasteiger charge is 2.32. The monoisotopic (exact) mass is 516 g/mol. The Kier molecular flexibility index (Phi) is 6.63. The van der Waals surface area contributed by atoms with Crippen molar-refractivity contribution in [1.29, 1.82) is 0 Å². The molecular weight excluding hydrogens is 488 g/mol. The number of nitrogens with zero attached hydrogens (tertiary/aromatic N) is 2. The first-order chi connectivity index (χ1) is 18.7. The van der Waals surface area contributed by atoms with Crippen molar-refractivity contribution in [1.82, 2.24) is 15.6 Å². The van der Waals surface area contributed by atoms with Crippen LogP contribution in [-0.2, 0) is 6.54 Å². The number of benzene rings is 4. The number of urea groups is 1. The molecule has 6 heteroatoms. The van der Waals surface area contributed by atoms with Gasteiger partial charge in [-0.3, -0.25) is 0 Å². The number of fused-ring (bicyclic) bond motifs is 1. The largest absolute Gasteiger partial charge is 0.367 e. The summed E-state index contributed by atoms with van der Waals surface area (Å²) in [6, 6.07) is 36.6. The van der Waals surface area contributed by atoms with Crippen LogP contribution < -0.4 is 15.5 Å². The molecule has 1 atom stereocenters. The Morgan fingerprint density at radius 3 is 2.24 bits per heavy atom. The van der Waals surface area contributed by atoms with Crippen molar-refractivity contribution in [3.05, 3.63) is 131 Å². The fourth-order valence-electron chi connectivity index (χ4n) is 4.93. The molecule has 5 aromatic rings. The number of carbonyl (C=O) groups excluding carboxylic acids is 1. The van der Waals surface area contributed by atoms with Crippen LogP contribution in [0.15, 0.2) is 109 Å². The first-order valence-corrected chi connectivity index (χ1v) is 13.6. The molecule has 4 aromatic carbocycles. The van der Waals surface area contributed by atoms with Gasteiger partial charge in [-0.15, -0.1) is 11.3 Å². The zero-order chi connectivity index (χ0) is 25.9. The first kappa shape index (κ1) is 23.9. The molecule has 2 N–H and O–H groups in total. The zero-order valence-electron chi connectivity index (χ0n) is 21.1. The molecule has 2 heterocycles. The lowest BCUT2D eigenvalue weighted by molar-refractivity contribution is 0.242. The normalized spacial score (nSPS) is 15.3. The summed E-state index contributed by atoms with van der Waals surface area (Å²) in [4.78, 5) is 20.2. The fraction of sp³-hybridized carbons (Fsp3) is 0.125. The van der Waals surface area contributed by atoms with Gasteiger partial charge in [0.25, 0.3) is 0 Å². The van der Waals surface area contributed by atoms with Crippen LogP contribution >= 0.6 is 11.3 Å². The molecule has 6 rings (SSSR count). The number of carbonyl (C=O) groups is 1. The molecule has 1 aromatic heterocycles. The highest BCUT2D eigenvalue weighted by atomic mass is 32.1. The minimum atomic E-state index is -0.335. The Morgan fingerprint density at radius 1 is 0.842 bits per heavy atom. The highest BCUT2D eigenvalue weighted by molar-refractivity contribution is 7.19. The minimum Gasteiger partial charge on any atom is -0.367 e. The lowest BCUT2D eigenvalue weighted by Crippen LogP contribution is -2.43. The van der Waals surface area contributed by atoms with E-state index in [-0.39, 0.29) is 12.1 Å².